The average Bonchev–Trinajstić information content (AvgIpc) is 3.02. The number of imidazole rings is 1. The van der Waals surface area contributed by atoms with Crippen molar-refractivity contribution in [3.8, 4) is 0 Å². The van der Waals surface area contributed by atoms with Gasteiger partial charge in [0.25, 0.3) is 0 Å². The lowest BCUT2D eigenvalue weighted by atomic mass is 10.1. The standard InChI is InChI=1S/C16H27N5O/c1-18-8-4-14(12-18)16(22)21-7-3-6-20(10-11-21)13-15-17-5-9-19(15)2/h5,9,14H,3-4,6-8,10-13H2,1-2H3/t14-/m0/s1. The van der Waals surface area contributed by atoms with Gasteiger partial charge in [0.1, 0.15) is 5.82 Å². The molecule has 3 rings (SSSR count). The van der Waals surface area contributed by atoms with Gasteiger partial charge >= 0.3 is 0 Å². The lowest BCUT2D eigenvalue weighted by Crippen LogP contribution is -2.39. The molecule has 1 amide bonds. The molecule has 2 aliphatic rings. The van der Waals surface area contributed by atoms with E-state index in [2.05, 4.69) is 31.3 Å². The summed E-state index contributed by atoms with van der Waals surface area (Å²) in [7, 11) is 4.14. The molecule has 0 saturated carbocycles. The summed E-state index contributed by atoms with van der Waals surface area (Å²) in [6, 6.07) is 0. The lowest BCUT2D eigenvalue weighted by molar-refractivity contribution is -0.135. The Labute approximate surface area is 132 Å². The van der Waals surface area contributed by atoms with E-state index in [4.69, 9.17) is 0 Å². The molecule has 2 aliphatic heterocycles. The molecular weight excluding hydrogens is 278 g/mol. The van der Waals surface area contributed by atoms with Crippen molar-refractivity contribution in [1.29, 1.82) is 0 Å². The van der Waals surface area contributed by atoms with Crippen molar-refractivity contribution in [1.82, 2.24) is 24.3 Å². The first kappa shape index (κ1) is 15.5. The second kappa shape index (κ2) is 6.79. The zero-order valence-corrected chi connectivity index (χ0v) is 13.7. The van der Waals surface area contributed by atoms with Gasteiger partial charge in [-0.25, -0.2) is 4.98 Å². The van der Waals surface area contributed by atoms with E-state index in [1.165, 1.54) is 0 Å². The van der Waals surface area contributed by atoms with E-state index in [0.717, 1.165) is 64.5 Å². The quantitative estimate of drug-likeness (QED) is 0.811. The van der Waals surface area contributed by atoms with Crippen molar-refractivity contribution < 1.29 is 4.79 Å². The number of likely N-dealkylation sites (tertiary alicyclic amines) is 1. The minimum absolute atomic E-state index is 0.214. The molecule has 0 bridgehead atoms. The van der Waals surface area contributed by atoms with Crippen LogP contribution in [0.3, 0.4) is 0 Å². The number of hydrogen-bond donors (Lipinski definition) is 0. The summed E-state index contributed by atoms with van der Waals surface area (Å²) >= 11 is 0. The largest absolute Gasteiger partial charge is 0.341 e. The molecule has 122 valence electrons. The summed E-state index contributed by atoms with van der Waals surface area (Å²) in [5, 5.41) is 0. The Bertz CT molecular complexity index is 514. The molecule has 3 heterocycles. The SMILES string of the molecule is CN1CC[C@H](C(=O)N2CCCN(Cc3nccn3C)CC2)C1. The highest BCUT2D eigenvalue weighted by molar-refractivity contribution is 5.79. The van der Waals surface area contributed by atoms with Crippen LogP contribution in [-0.4, -0.2) is 76.5 Å². The monoisotopic (exact) mass is 305 g/mol. The first-order valence-corrected chi connectivity index (χ1v) is 8.29. The van der Waals surface area contributed by atoms with E-state index in [9.17, 15) is 4.79 Å². The van der Waals surface area contributed by atoms with Crippen LogP contribution in [0, 0.1) is 5.92 Å². The number of hydrogen-bond acceptors (Lipinski definition) is 4. The molecule has 0 spiro atoms. The number of rotatable bonds is 3. The molecule has 1 aromatic heterocycles. The van der Waals surface area contributed by atoms with E-state index in [0.29, 0.717) is 5.91 Å². The van der Waals surface area contributed by atoms with E-state index in [1.807, 2.05) is 19.4 Å². The third-order valence-electron chi connectivity index (χ3n) is 4.93. The Balaban J connectivity index is 1.53. The molecule has 1 aromatic rings. The Morgan fingerprint density at radius 1 is 1.23 bits per heavy atom. The van der Waals surface area contributed by atoms with Gasteiger partial charge in [-0.15, -0.1) is 0 Å². The van der Waals surface area contributed by atoms with Crippen LogP contribution in [0.4, 0.5) is 0 Å². The molecule has 0 unspecified atom stereocenters. The molecule has 1 atom stereocenters. The van der Waals surface area contributed by atoms with Gasteiger partial charge in [-0.2, -0.15) is 0 Å². The number of aryl methyl sites for hydroxylation is 1. The third kappa shape index (κ3) is 3.50. The number of carbonyl (C=O) groups excluding carboxylic acids is 1. The number of amides is 1. The van der Waals surface area contributed by atoms with E-state index in [-0.39, 0.29) is 5.92 Å². The summed E-state index contributed by atoms with van der Waals surface area (Å²) in [5.74, 6) is 1.67. The summed E-state index contributed by atoms with van der Waals surface area (Å²) in [6.07, 6.45) is 5.90. The highest BCUT2D eigenvalue weighted by Crippen LogP contribution is 2.18. The zero-order chi connectivity index (χ0) is 15.5. The van der Waals surface area contributed by atoms with Crippen LogP contribution in [0.25, 0.3) is 0 Å². The van der Waals surface area contributed by atoms with Gasteiger partial charge in [0.05, 0.1) is 12.5 Å². The van der Waals surface area contributed by atoms with Crippen LogP contribution in [0.1, 0.15) is 18.7 Å². The van der Waals surface area contributed by atoms with Gasteiger partial charge < -0.3 is 14.4 Å². The molecule has 6 nitrogen and oxygen atoms in total. The summed E-state index contributed by atoms with van der Waals surface area (Å²) in [5.41, 5.74) is 0. The highest BCUT2D eigenvalue weighted by atomic mass is 16.2. The van der Waals surface area contributed by atoms with Gasteiger partial charge in [-0.1, -0.05) is 0 Å². The Morgan fingerprint density at radius 3 is 2.77 bits per heavy atom. The van der Waals surface area contributed by atoms with Gasteiger partial charge in [-0.3, -0.25) is 9.69 Å². The minimum atomic E-state index is 0.214. The third-order valence-corrected chi connectivity index (χ3v) is 4.93. The van der Waals surface area contributed by atoms with Crippen molar-refractivity contribution in [2.75, 3.05) is 46.3 Å². The molecule has 0 radical (unpaired) electrons. The maximum Gasteiger partial charge on any atom is 0.227 e. The van der Waals surface area contributed by atoms with E-state index in [1.54, 1.807) is 0 Å². The molecule has 0 aliphatic carbocycles. The van der Waals surface area contributed by atoms with Crippen LogP contribution in [-0.2, 0) is 18.4 Å². The fourth-order valence-electron chi connectivity index (χ4n) is 3.49. The van der Waals surface area contributed by atoms with Crippen molar-refractivity contribution in [2.45, 2.75) is 19.4 Å². The van der Waals surface area contributed by atoms with Crippen molar-refractivity contribution in [2.24, 2.45) is 13.0 Å². The topological polar surface area (TPSA) is 44.6 Å². The predicted molar refractivity (Wildman–Crippen MR) is 85.3 cm³/mol. The first-order chi connectivity index (χ1) is 10.6. The summed E-state index contributed by atoms with van der Waals surface area (Å²) < 4.78 is 2.07. The average molecular weight is 305 g/mol. The van der Waals surface area contributed by atoms with Crippen LogP contribution in [0.15, 0.2) is 12.4 Å². The van der Waals surface area contributed by atoms with Crippen molar-refractivity contribution in [3.63, 3.8) is 0 Å². The predicted octanol–water partition coefficient (Wildman–Crippen LogP) is 0.406. The van der Waals surface area contributed by atoms with Crippen LogP contribution < -0.4 is 0 Å². The van der Waals surface area contributed by atoms with Gasteiger partial charge in [0, 0.05) is 52.2 Å². The molecule has 0 aromatic carbocycles. The van der Waals surface area contributed by atoms with Gasteiger partial charge in [0.15, 0.2) is 0 Å². The maximum atomic E-state index is 12.6. The van der Waals surface area contributed by atoms with Gasteiger partial charge in [0.2, 0.25) is 5.91 Å². The molecule has 0 N–H and O–H groups in total. The Kier molecular flexibility index (Phi) is 4.78. The van der Waals surface area contributed by atoms with Crippen molar-refractivity contribution in [3.05, 3.63) is 18.2 Å². The fraction of sp³-hybridized carbons (Fsp3) is 0.750. The molecule has 6 heteroatoms. The van der Waals surface area contributed by atoms with Gasteiger partial charge in [-0.05, 0) is 26.4 Å². The molecule has 22 heavy (non-hydrogen) atoms. The molecule has 2 saturated heterocycles. The van der Waals surface area contributed by atoms with Crippen molar-refractivity contribution >= 4 is 5.91 Å². The van der Waals surface area contributed by atoms with E-state index >= 15 is 0 Å². The number of carbonyl (C=O) groups is 1. The van der Waals surface area contributed by atoms with Crippen LogP contribution >= 0.6 is 0 Å². The highest BCUT2D eigenvalue weighted by Gasteiger charge is 2.30. The van der Waals surface area contributed by atoms with E-state index < -0.39 is 0 Å². The first-order valence-electron chi connectivity index (χ1n) is 8.29. The van der Waals surface area contributed by atoms with Crippen LogP contribution in [0.5, 0.6) is 0 Å². The minimum Gasteiger partial charge on any atom is -0.341 e. The summed E-state index contributed by atoms with van der Waals surface area (Å²) in [4.78, 5) is 23.8. The Morgan fingerprint density at radius 2 is 2.09 bits per heavy atom. The number of aromatic nitrogens is 2. The van der Waals surface area contributed by atoms with Crippen LogP contribution in [0.2, 0.25) is 0 Å². The smallest absolute Gasteiger partial charge is 0.227 e. The second-order valence-electron chi connectivity index (χ2n) is 6.66. The normalized spacial score (nSPS) is 24.6. The molecule has 2 fully saturated rings. The second-order valence-corrected chi connectivity index (χ2v) is 6.66. The summed E-state index contributed by atoms with van der Waals surface area (Å²) in [6.45, 7) is 6.58. The molecular formula is C16H27N5O. The fourth-order valence-corrected chi connectivity index (χ4v) is 3.49. The Hall–Kier alpha value is -1.40. The maximum absolute atomic E-state index is 12.6. The lowest BCUT2D eigenvalue weighted by Gasteiger charge is -2.24. The zero-order valence-electron chi connectivity index (χ0n) is 13.7. The number of nitrogens with zero attached hydrogens (tertiary/aromatic N) is 5.